The van der Waals surface area contributed by atoms with E-state index in [1.54, 1.807) is 15.3 Å². The van der Waals surface area contributed by atoms with E-state index in [4.69, 9.17) is 0 Å². The van der Waals surface area contributed by atoms with Gasteiger partial charge in [0, 0.05) is 28.4 Å². The van der Waals surface area contributed by atoms with Gasteiger partial charge in [-0.1, -0.05) is 6.92 Å². The molecule has 0 fully saturated rings. The van der Waals surface area contributed by atoms with Gasteiger partial charge in [0.05, 0.1) is 0 Å². The molecule has 0 amide bonds. The highest BCUT2D eigenvalue weighted by Gasteiger charge is 2.26. The highest BCUT2D eigenvalue weighted by atomic mass is 32.1. The number of nitrogens with zero attached hydrogens (tertiary/aromatic N) is 1. The van der Waals surface area contributed by atoms with Crippen LogP contribution in [0.3, 0.4) is 0 Å². The maximum Gasteiger partial charge on any atom is 0.0336 e. The van der Waals surface area contributed by atoms with E-state index < -0.39 is 0 Å². The third kappa shape index (κ3) is 2.26. The van der Waals surface area contributed by atoms with Gasteiger partial charge >= 0.3 is 0 Å². The number of hydrogen-bond donors (Lipinski definition) is 0. The zero-order valence-corrected chi connectivity index (χ0v) is 11.1. The Kier molecular flexibility index (Phi) is 2.91. The van der Waals surface area contributed by atoms with Crippen LogP contribution in [-0.4, -0.2) is 17.0 Å². The molecule has 0 radical (unpaired) electrons. The average molecular weight is 223 g/mol. The molecular formula is C13H21NS. The van der Waals surface area contributed by atoms with E-state index >= 15 is 0 Å². The number of fused-ring (bicyclic) bond motifs is 1. The standard InChI is InChI=1S/C13H21NS/c1-5-11-8-10-6-7-14(13(2,3)4)9-12(10)15-11/h8H,5-7,9H2,1-4H3. The van der Waals surface area contributed by atoms with Crippen LogP contribution in [0.4, 0.5) is 0 Å². The molecule has 0 bridgehead atoms. The Hall–Kier alpha value is -0.340. The molecule has 0 atom stereocenters. The first kappa shape index (κ1) is 11.2. The molecule has 0 aliphatic carbocycles. The molecule has 1 aliphatic heterocycles. The van der Waals surface area contributed by atoms with Gasteiger partial charge in [-0.25, -0.2) is 0 Å². The van der Waals surface area contributed by atoms with E-state index in [0.29, 0.717) is 5.54 Å². The van der Waals surface area contributed by atoms with Crippen molar-refractivity contribution >= 4 is 11.3 Å². The average Bonchev–Trinajstić information content (AvgIpc) is 2.57. The van der Waals surface area contributed by atoms with Crippen molar-refractivity contribution in [1.82, 2.24) is 4.90 Å². The summed E-state index contributed by atoms with van der Waals surface area (Å²) in [5.41, 5.74) is 1.92. The summed E-state index contributed by atoms with van der Waals surface area (Å²) in [5, 5.41) is 0. The zero-order valence-electron chi connectivity index (χ0n) is 10.3. The summed E-state index contributed by atoms with van der Waals surface area (Å²) in [6.45, 7) is 11.6. The quantitative estimate of drug-likeness (QED) is 0.704. The van der Waals surface area contributed by atoms with Crippen LogP contribution < -0.4 is 0 Å². The molecule has 15 heavy (non-hydrogen) atoms. The van der Waals surface area contributed by atoms with E-state index in [-0.39, 0.29) is 0 Å². The van der Waals surface area contributed by atoms with Crippen LogP contribution in [0.2, 0.25) is 0 Å². The molecule has 1 aromatic heterocycles. The van der Waals surface area contributed by atoms with E-state index in [0.717, 1.165) is 6.54 Å². The fourth-order valence-corrected chi connectivity index (χ4v) is 3.30. The van der Waals surface area contributed by atoms with Crippen LogP contribution in [0.5, 0.6) is 0 Å². The van der Waals surface area contributed by atoms with Crippen LogP contribution in [-0.2, 0) is 19.4 Å². The molecule has 0 saturated carbocycles. The Morgan fingerprint density at radius 2 is 2.13 bits per heavy atom. The van der Waals surface area contributed by atoms with E-state index in [2.05, 4.69) is 38.7 Å². The number of thiophene rings is 1. The first-order valence-electron chi connectivity index (χ1n) is 5.86. The predicted molar refractivity (Wildman–Crippen MR) is 67.6 cm³/mol. The van der Waals surface area contributed by atoms with Gasteiger partial charge in [0.1, 0.15) is 0 Å². The largest absolute Gasteiger partial charge is 0.293 e. The van der Waals surface area contributed by atoms with Gasteiger partial charge < -0.3 is 0 Å². The summed E-state index contributed by atoms with van der Waals surface area (Å²) in [6.07, 6.45) is 2.43. The van der Waals surface area contributed by atoms with Crippen LogP contribution in [0, 0.1) is 0 Å². The second-order valence-electron chi connectivity index (χ2n) is 5.36. The van der Waals surface area contributed by atoms with Gasteiger partial charge in [0.2, 0.25) is 0 Å². The van der Waals surface area contributed by atoms with Gasteiger partial charge in [-0.2, -0.15) is 0 Å². The van der Waals surface area contributed by atoms with Gasteiger partial charge in [-0.15, -0.1) is 11.3 Å². The Bertz CT molecular complexity index is 346. The molecule has 0 unspecified atom stereocenters. The van der Waals surface area contributed by atoms with Crippen molar-refractivity contribution in [2.75, 3.05) is 6.54 Å². The summed E-state index contributed by atoms with van der Waals surface area (Å²) in [7, 11) is 0. The third-order valence-electron chi connectivity index (χ3n) is 3.23. The second-order valence-corrected chi connectivity index (χ2v) is 6.58. The summed E-state index contributed by atoms with van der Waals surface area (Å²) in [4.78, 5) is 5.74. The molecule has 1 aromatic rings. The molecule has 1 nitrogen and oxygen atoms in total. The minimum atomic E-state index is 0.314. The summed E-state index contributed by atoms with van der Waals surface area (Å²) in [6, 6.07) is 2.42. The molecular weight excluding hydrogens is 202 g/mol. The van der Waals surface area contributed by atoms with E-state index in [1.165, 1.54) is 19.4 Å². The summed E-state index contributed by atoms with van der Waals surface area (Å²) in [5.74, 6) is 0. The Balaban J connectivity index is 2.19. The molecule has 84 valence electrons. The molecule has 0 spiro atoms. The minimum absolute atomic E-state index is 0.314. The van der Waals surface area contributed by atoms with Crippen molar-refractivity contribution in [3.8, 4) is 0 Å². The first-order valence-corrected chi connectivity index (χ1v) is 6.68. The monoisotopic (exact) mass is 223 g/mol. The second kappa shape index (κ2) is 3.91. The van der Waals surface area contributed by atoms with E-state index in [9.17, 15) is 0 Å². The van der Waals surface area contributed by atoms with Crippen LogP contribution in [0.25, 0.3) is 0 Å². The van der Waals surface area contributed by atoms with Crippen molar-refractivity contribution in [3.05, 3.63) is 21.4 Å². The molecule has 0 N–H and O–H groups in total. The highest BCUT2D eigenvalue weighted by Crippen LogP contribution is 2.31. The van der Waals surface area contributed by atoms with E-state index in [1.807, 2.05) is 11.3 Å². The van der Waals surface area contributed by atoms with Crippen molar-refractivity contribution in [3.63, 3.8) is 0 Å². The minimum Gasteiger partial charge on any atom is -0.293 e. The number of aryl methyl sites for hydroxylation is 1. The van der Waals surface area contributed by atoms with Gasteiger partial charge in [-0.3, -0.25) is 4.90 Å². The molecule has 2 heteroatoms. The molecule has 0 saturated heterocycles. The third-order valence-corrected chi connectivity index (χ3v) is 4.54. The molecule has 2 rings (SSSR count). The lowest BCUT2D eigenvalue weighted by Crippen LogP contribution is -2.43. The van der Waals surface area contributed by atoms with Crippen LogP contribution in [0.1, 0.15) is 43.0 Å². The topological polar surface area (TPSA) is 3.24 Å². The van der Waals surface area contributed by atoms with Crippen molar-refractivity contribution in [1.29, 1.82) is 0 Å². The lowest BCUT2D eigenvalue weighted by molar-refractivity contribution is 0.123. The van der Waals surface area contributed by atoms with Crippen molar-refractivity contribution in [2.24, 2.45) is 0 Å². The Morgan fingerprint density at radius 1 is 1.40 bits per heavy atom. The van der Waals surface area contributed by atoms with Crippen molar-refractivity contribution in [2.45, 2.75) is 52.6 Å². The lowest BCUT2D eigenvalue weighted by Gasteiger charge is -2.38. The highest BCUT2D eigenvalue weighted by molar-refractivity contribution is 7.12. The van der Waals surface area contributed by atoms with Crippen molar-refractivity contribution < 1.29 is 0 Å². The zero-order chi connectivity index (χ0) is 11.1. The first-order chi connectivity index (χ1) is 7.00. The van der Waals surface area contributed by atoms with Gasteiger partial charge in [-0.05, 0) is 45.2 Å². The fraction of sp³-hybridized carbons (Fsp3) is 0.692. The van der Waals surface area contributed by atoms with Gasteiger partial charge in [0.25, 0.3) is 0 Å². The maximum atomic E-state index is 2.59. The molecule has 0 aromatic carbocycles. The Morgan fingerprint density at radius 3 is 2.73 bits per heavy atom. The predicted octanol–water partition coefficient (Wildman–Crippen LogP) is 3.47. The van der Waals surface area contributed by atoms with Crippen LogP contribution in [0.15, 0.2) is 6.07 Å². The summed E-state index contributed by atoms with van der Waals surface area (Å²) >= 11 is 2.01. The normalized spacial score (nSPS) is 17.9. The lowest BCUT2D eigenvalue weighted by atomic mass is 10.0. The molecule has 1 aliphatic rings. The SMILES string of the molecule is CCc1cc2c(s1)CN(C(C)(C)C)CC2. The Labute approximate surface area is 97.1 Å². The fourth-order valence-electron chi connectivity index (χ4n) is 2.13. The number of hydrogen-bond acceptors (Lipinski definition) is 2. The van der Waals surface area contributed by atoms with Gasteiger partial charge in [0.15, 0.2) is 0 Å². The smallest absolute Gasteiger partial charge is 0.0336 e. The van der Waals surface area contributed by atoms with Crippen LogP contribution >= 0.6 is 11.3 Å². The maximum absolute atomic E-state index is 2.59. The number of rotatable bonds is 1. The molecule has 2 heterocycles. The summed E-state index contributed by atoms with van der Waals surface area (Å²) < 4.78 is 0.